The predicted octanol–water partition coefficient (Wildman–Crippen LogP) is 6.51. The van der Waals surface area contributed by atoms with Crippen molar-refractivity contribution in [2.75, 3.05) is 0 Å². The molecule has 102 valence electrons. The lowest BCUT2D eigenvalue weighted by atomic mass is 9.93. The van der Waals surface area contributed by atoms with Crippen molar-refractivity contribution in [1.82, 2.24) is 0 Å². The van der Waals surface area contributed by atoms with Crippen LogP contribution in [0.2, 0.25) is 0 Å². The Hall–Kier alpha value is -0.260. The lowest BCUT2D eigenvalue weighted by Crippen LogP contribution is -1.98. The summed E-state index contributed by atoms with van der Waals surface area (Å²) >= 11 is 0. The maximum atomic E-state index is 2.40. The highest BCUT2D eigenvalue weighted by atomic mass is 14.1. The minimum Gasteiger partial charge on any atom is -0.0885 e. The standard InChI is InChI=1S/C17H34/c1-4-7-9-10-11-12-14-16-17(6-3)15-13-8-5-2/h10-11,17H,4-9,12-16H2,1-3H3. The van der Waals surface area contributed by atoms with Crippen LogP contribution in [0.15, 0.2) is 12.2 Å². The average Bonchev–Trinajstić information content (AvgIpc) is 2.35. The first kappa shape index (κ1) is 16.7. The van der Waals surface area contributed by atoms with E-state index in [1.165, 1.54) is 70.6 Å². The maximum Gasteiger partial charge on any atom is -0.0351 e. The molecule has 0 aromatic carbocycles. The van der Waals surface area contributed by atoms with E-state index in [1.807, 2.05) is 0 Å². The molecule has 0 spiro atoms. The van der Waals surface area contributed by atoms with Crippen LogP contribution in [-0.2, 0) is 0 Å². The van der Waals surface area contributed by atoms with Gasteiger partial charge in [-0.25, -0.2) is 0 Å². The highest BCUT2D eigenvalue weighted by Gasteiger charge is 2.04. The summed E-state index contributed by atoms with van der Waals surface area (Å²) in [6.07, 6.45) is 19.9. The normalized spacial score (nSPS) is 13.4. The van der Waals surface area contributed by atoms with Gasteiger partial charge < -0.3 is 0 Å². The molecule has 1 atom stereocenters. The number of allylic oxidation sites excluding steroid dienone is 2. The number of rotatable bonds is 12. The molecule has 0 saturated heterocycles. The summed E-state index contributed by atoms with van der Waals surface area (Å²) in [7, 11) is 0. The highest BCUT2D eigenvalue weighted by molar-refractivity contribution is 4.81. The first-order valence-corrected chi connectivity index (χ1v) is 8.00. The highest BCUT2D eigenvalue weighted by Crippen LogP contribution is 2.20. The molecule has 0 aliphatic carbocycles. The molecule has 0 nitrogen and oxygen atoms in total. The second kappa shape index (κ2) is 13.8. The Bertz CT molecular complexity index is 157. The third kappa shape index (κ3) is 12.0. The molecule has 1 unspecified atom stereocenters. The van der Waals surface area contributed by atoms with Gasteiger partial charge in [0.05, 0.1) is 0 Å². The Kier molecular flexibility index (Phi) is 13.6. The Morgan fingerprint density at radius 3 is 1.88 bits per heavy atom. The summed E-state index contributed by atoms with van der Waals surface area (Å²) in [5.41, 5.74) is 0. The van der Waals surface area contributed by atoms with Gasteiger partial charge in [-0.15, -0.1) is 0 Å². The molecule has 0 aromatic rings. The Labute approximate surface area is 110 Å². The van der Waals surface area contributed by atoms with Crippen molar-refractivity contribution in [3.8, 4) is 0 Å². The van der Waals surface area contributed by atoms with Gasteiger partial charge in [-0.1, -0.05) is 84.3 Å². The fraction of sp³-hybridized carbons (Fsp3) is 0.882. The summed E-state index contributed by atoms with van der Waals surface area (Å²) in [5.74, 6) is 0.991. The quantitative estimate of drug-likeness (QED) is 0.268. The summed E-state index contributed by atoms with van der Waals surface area (Å²) in [5, 5.41) is 0. The van der Waals surface area contributed by atoms with Crippen LogP contribution in [0.5, 0.6) is 0 Å². The first-order valence-electron chi connectivity index (χ1n) is 8.00. The lowest BCUT2D eigenvalue weighted by molar-refractivity contribution is 0.407. The zero-order valence-electron chi connectivity index (χ0n) is 12.5. The van der Waals surface area contributed by atoms with Gasteiger partial charge in [0, 0.05) is 0 Å². The van der Waals surface area contributed by atoms with Gasteiger partial charge in [0.1, 0.15) is 0 Å². The zero-order chi connectivity index (χ0) is 12.8. The van der Waals surface area contributed by atoms with Crippen molar-refractivity contribution < 1.29 is 0 Å². The molecule has 0 radical (unpaired) electrons. The molecule has 0 saturated carbocycles. The van der Waals surface area contributed by atoms with Gasteiger partial charge in [0.25, 0.3) is 0 Å². The SMILES string of the molecule is CCCCC=CCCCC(CC)CCCCC. The topological polar surface area (TPSA) is 0 Å². The molecule has 0 N–H and O–H groups in total. The predicted molar refractivity (Wildman–Crippen MR) is 80.4 cm³/mol. The smallest absolute Gasteiger partial charge is 0.0351 e. The molecule has 0 heterocycles. The second-order valence-corrected chi connectivity index (χ2v) is 5.31. The van der Waals surface area contributed by atoms with Gasteiger partial charge >= 0.3 is 0 Å². The lowest BCUT2D eigenvalue weighted by Gasteiger charge is -2.13. The van der Waals surface area contributed by atoms with Crippen molar-refractivity contribution in [1.29, 1.82) is 0 Å². The van der Waals surface area contributed by atoms with Gasteiger partial charge in [-0.05, 0) is 25.2 Å². The second-order valence-electron chi connectivity index (χ2n) is 5.31. The Morgan fingerprint density at radius 2 is 1.29 bits per heavy atom. The van der Waals surface area contributed by atoms with Crippen molar-refractivity contribution in [2.45, 2.75) is 91.4 Å². The van der Waals surface area contributed by atoms with Crippen molar-refractivity contribution in [2.24, 2.45) is 5.92 Å². The van der Waals surface area contributed by atoms with Crippen LogP contribution in [-0.4, -0.2) is 0 Å². The van der Waals surface area contributed by atoms with Gasteiger partial charge in [-0.3, -0.25) is 0 Å². The van der Waals surface area contributed by atoms with Crippen LogP contribution in [0.25, 0.3) is 0 Å². The molecule has 17 heavy (non-hydrogen) atoms. The van der Waals surface area contributed by atoms with E-state index in [0.29, 0.717) is 0 Å². The summed E-state index contributed by atoms with van der Waals surface area (Å²) < 4.78 is 0. The molecule has 0 heteroatoms. The first-order chi connectivity index (χ1) is 8.35. The molecule has 0 aliphatic rings. The van der Waals surface area contributed by atoms with Crippen LogP contribution in [0.4, 0.5) is 0 Å². The van der Waals surface area contributed by atoms with Crippen molar-refractivity contribution in [3.63, 3.8) is 0 Å². The summed E-state index contributed by atoms with van der Waals surface area (Å²) in [6.45, 7) is 6.91. The molecular formula is C17H34. The van der Waals surface area contributed by atoms with E-state index in [9.17, 15) is 0 Å². The number of unbranched alkanes of at least 4 members (excludes halogenated alkanes) is 5. The fourth-order valence-electron chi connectivity index (χ4n) is 2.32. The third-order valence-electron chi connectivity index (χ3n) is 3.67. The molecule has 0 aromatic heterocycles. The van der Waals surface area contributed by atoms with Gasteiger partial charge in [0.15, 0.2) is 0 Å². The van der Waals surface area contributed by atoms with E-state index in [4.69, 9.17) is 0 Å². The van der Waals surface area contributed by atoms with Crippen LogP contribution in [0.3, 0.4) is 0 Å². The Balaban J connectivity index is 3.39. The number of hydrogen-bond donors (Lipinski definition) is 0. The minimum atomic E-state index is 0.991. The van der Waals surface area contributed by atoms with Crippen LogP contribution in [0.1, 0.15) is 91.4 Å². The molecule has 0 rings (SSSR count). The largest absolute Gasteiger partial charge is 0.0885 e. The van der Waals surface area contributed by atoms with Crippen LogP contribution in [0, 0.1) is 5.92 Å². The van der Waals surface area contributed by atoms with Gasteiger partial charge in [-0.2, -0.15) is 0 Å². The third-order valence-corrected chi connectivity index (χ3v) is 3.67. The monoisotopic (exact) mass is 238 g/mol. The molecule has 0 aliphatic heterocycles. The van der Waals surface area contributed by atoms with E-state index in [1.54, 1.807) is 0 Å². The van der Waals surface area contributed by atoms with Crippen LogP contribution >= 0.6 is 0 Å². The van der Waals surface area contributed by atoms with E-state index in [0.717, 1.165) is 5.92 Å². The van der Waals surface area contributed by atoms with E-state index >= 15 is 0 Å². The van der Waals surface area contributed by atoms with Crippen molar-refractivity contribution >= 4 is 0 Å². The zero-order valence-corrected chi connectivity index (χ0v) is 12.5. The van der Waals surface area contributed by atoms with E-state index in [-0.39, 0.29) is 0 Å². The van der Waals surface area contributed by atoms with Crippen molar-refractivity contribution in [3.05, 3.63) is 12.2 Å². The van der Waals surface area contributed by atoms with E-state index in [2.05, 4.69) is 32.9 Å². The molecule has 0 amide bonds. The van der Waals surface area contributed by atoms with Gasteiger partial charge in [0.2, 0.25) is 0 Å². The Morgan fingerprint density at radius 1 is 0.706 bits per heavy atom. The summed E-state index contributed by atoms with van der Waals surface area (Å²) in [6, 6.07) is 0. The molecule has 0 fully saturated rings. The average molecular weight is 238 g/mol. The minimum absolute atomic E-state index is 0.991. The van der Waals surface area contributed by atoms with E-state index < -0.39 is 0 Å². The van der Waals surface area contributed by atoms with Crippen LogP contribution < -0.4 is 0 Å². The maximum absolute atomic E-state index is 2.40. The molecule has 0 bridgehead atoms. The summed E-state index contributed by atoms with van der Waals surface area (Å²) in [4.78, 5) is 0. The number of hydrogen-bond acceptors (Lipinski definition) is 0. The fourth-order valence-corrected chi connectivity index (χ4v) is 2.32. The molecular weight excluding hydrogens is 204 g/mol.